The molecule has 2 aromatic rings. The zero-order valence-electron chi connectivity index (χ0n) is 9.07. The van der Waals surface area contributed by atoms with Crippen LogP contribution < -0.4 is 5.73 Å². The number of benzene rings is 1. The van der Waals surface area contributed by atoms with Crippen LogP contribution in [-0.2, 0) is 13.0 Å². The summed E-state index contributed by atoms with van der Waals surface area (Å²) in [6.45, 7) is 1.63. The highest BCUT2D eigenvalue weighted by atomic mass is 79.9. The first-order chi connectivity index (χ1) is 7.78. The zero-order chi connectivity index (χ0) is 11.4. The summed E-state index contributed by atoms with van der Waals surface area (Å²) in [5.41, 5.74) is 8.13. The van der Waals surface area contributed by atoms with Crippen LogP contribution in [0.2, 0.25) is 0 Å². The molecular weight excluding hydrogens is 264 g/mol. The van der Waals surface area contributed by atoms with Crippen LogP contribution in [0.5, 0.6) is 0 Å². The number of hydrogen-bond donors (Lipinski definition) is 1. The van der Waals surface area contributed by atoms with Crippen LogP contribution in [0.1, 0.15) is 11.1 Å². The molecule has 0 radical (unpaired) electrons. The van der Waals surface area contributed by atoms with E-state index < -0.39 is 0 Å². The van der Waals surface area contributed by atoms with Crippen molar-refractivity contribution >= 4 is 15.9 Å². The maximum absolute atomic E-state index is 5.52. The molecular formula is C13H15BrN2. The van der Waals surface area contributed by atoms with Gasteiger partial charge >= 0.3 is 0 Å². The van der Waals surface area contributed by atoms with Gasteiger partial charge in [-0.05, 0) is 42.3 Å². The Morgan fingerprint density at radius 2 is 1.81 bits per heavy atom. The molecule has 84 valence electrons. The molecule has 2 rings (SSSR count). The molecule has 0 bridgehead atoms. The molecule has 0 atom stereocenters. The molecule has 1 aromatic carbocycles. The van der Waals surface area contributed by atoms with Crippen molar-refractivity contribution in [3.8, 4) is 0 Å². The minimum atomic E-state index is 0.711. The molecule has 0 saturated carbocycles. The van der Waals surface area contributed by atoms with Crippen LogP contribution in [0.25, 0.3) is 0 Å². The number of nitrogens with zero attached hydrogens (tertiary/aromatic N) is 1. The van der Waals surface area contributed by atoms with Gasteiger partial charge in [0.2, 0.25) is 0 Å². The zero-order valence-corrected chi connectivity index (χ0v) is 10.7. The van der Waals surface area contributed by atoms with Crippen molar-refractivity contribution in [3.63, 3.8) is 0 Å². The summed E-state index contributed by atoms with van der Waals surface area (Å²) in [6, 6.07) is 10.5. The topological polar surface area (TPSA) is 30.9 Å². The van der Waals surface area contributed by atoms with Gasteiger partial charge in [-0.15, -0.1) is 0 Å². The Balaban J connectivity index is 2.05. The van der Waals surface area contributed by atoms with Crippen molar-refractivity contribution in [2.75, 3.05) is 6.54 Å². The summed E-state index contributed by atoms with van der Waals surface area (Å²) in [6.07, 6.45) is 5.22. The Hall–Kier alpha value is -1.06. The number of nitrogens with two attached hydrogens (primary N) is 1. The Morgan fingerprint density at radius 3 is 2.50 bits per heavy atom. The van der Waals surface area contributed by atoms with E-state index in [1.165, 1.54) is 11.1 Å². The van der Waals surface area contributed by atoms with Gasteiger partial charge in [0.25, 0.3) is 0 Å². The third kappa shape index (κ3) is 2.97. The van der Waals surface area contributed by atoms with Crippen LogP contribution >= 0.6 is 15.9 Å². The molecule has 16 heavy (non-hydrogen) atoms. The Morgan fingerprint density at radius 1 is 1.06 bits per heavy atom. The second kappa shape index (κ2) is 5.32. The largest absolute Gasteiger partial charge is 0.350 e. The van der Waals surface area contributed by atoms with Gasteiger partial charge in [0.05, 0.1) is 0 Å². The average molecular weight is 279 g/mol. The molecule has 0 aliphatic rings. The van der Waals surface area contributed by atoms with E-state index >= 15 is 0 Å². The van der Waals surface area contributed by atoms with Crippen LogP contribution in [0, 0.1) is 0 Å². The van der Waals surface area contributed by atoms with E-state index in [0.29, 0.717) is 6.54 Å². The Labute approximate surface area is 104 Å². The third-order valence-electron chi connectivity index (χ3n) is 2.52. The Bertz CT molecular complexity index is 445. The predicted octanol–water partition coefficient (Wildman–Crippen LogP) is 2.80. The maximum atomic E-state index is 5.52. The van der Waals surface area contributed by atoms with Gasteiger partial charge in [-0.1, -0.05) is 28.1 Å². The molecule has 1 aromatic heterocycles. The van der Waals surface area contributed by atoms with E-state index in [1.54, 1.807) is 0 Å². The van der Waals surface area contributed by atoms with Crippen molar-refractivity contribution in [1.29, 1.82) is 0 Å². The maximum Gasteiger partial charge on any atom is 0.0470 e. The van der Waals surface area contributed by atoms with E-state index in [2.05, 4.69) is 63.2 Å². The Kier molecular flexibility index (Phi) is 3.80. The van der Waals surface area contributed by atoms with Crippen LogP contribution in [0.3, 0.4) is 0 Å². The first kappa shape index (κ1) is 11.4. The third-order valence-corrected chi connectivity index (χ3v) is 3.05. The predicted molar refractivity (Wildman–Crippen MR) is 70.4 cm³/mol. The first-order valence-electron chi connectivity index (χ1n) is 5.37. The monoisotopic (exact) mass is 278 g/mol. The van der Waals surface area contributed by atoms with E-state index in [1.807, 2.05) is 0 Å². The lowest BCUT2D eigenvalue weighted by Gasteiger charge is -2.03. The van der Waals surface area contributed by atoms with E-state index in [4.69, 9.17) is 5.73 Å². The fraction of sp³-hybridized carbons (Fsp3) is 0.231. The highest BCUT2D eigenvalue weighted by molar-refractivity contribution is 9.10. The van der Waals surface area contributed by atoms with Crippen LogP contribution in [0.15, 0.2) is 47.2 Å². The van der Waals surface area contributed by atoms with Gasteiger partial charge in [-0.25, -0.2) is 0 Å². The van der Waals surface area contributed by atoms with Crippen molar-refractivity contribution in [2.24, 2.45) is 5.73 Å². The lowest BCUT2D eigenvalue weighted by atomic mass is 10.2. The number of aromatic nitrogens is 1. The van der Waals surface area contributed by atoms with Gasteiger partial charge < -0.3 is 10.3 Å². The van der Waals surface area contributed by atoms with E-state index in [9.17, 15) is 0 Å². The average Bonchev–Trinajstić information content (AvgIpc) is 2.70. The highest BCUT2D eigenvalue weighted by Crippen LogP contribution is 2.12. The van der Waals surface area contributed by atoms with Crippen molar-refractivity contribution in [3.05, 3.63) is 58.3 Å². The lowest BCUT2D eigenvalue weighted by molar-refractivity contribution is 0.800. The van der Waals surface area contributed by atoms with Gasteiger partial charge in [0.15, 0.2) is 0 Å². The lowest BCUT2D eigenvalue weighted by Crippen LogP contribution is -2.02. The van der Waals surface area contributed by atoms with Gasteiger partial charge in [-0.2, -0.15) is 0 Å². The van der Waals surface area contributed by atoms with Gasteiger partial charge in [-0.3, -0.25) is 0 Å². The van der Waals surface area contributed by atoms with Gasteiger partial charge in [0.1, 0.15) is 0 Å². The van der Waals surface area contributed by atoms with E-state index in [0.717, 1.165) is 17.4 Å². The fourth-order valence-corrected chi connectivity index (χ4v) is 1.97. The first-order valence-corrected chi connectivity index (χ1v) is 6.16. The molecule has 0 spiro atoms. The second-order valence-electron chi connectivity index (χ2n) is 3.86. The standard InChI is InChI=1S/C13H15BrN2/c14-13-3-1-11(2-4-13)9-16-8-6-12(10-16)5-7-15/h1-4,6,8,10H,5,7,9,15H2. The highest BCUT2D eigenvalue weighted by Gasteiger charge is 1.97. The summed E-state index contributed by atoms with van der Waals surface area (Å²) in [5.74, 6) is 0. The van der Waals surface area contributed by atoms with Crippen molar-refractivity contribution < 1.29 is 0 Å². The molecule has 0 amide bonds. The van der Waals surface area contributed by atoms with E-state index in [-0.39, 0.29) is 0 Å². The van der Waals surface area contributed by atoms with Crippen LogP contribution in [0.4, 0.5) is 0 Å². The summed E-state index contributed by atoms with van der Waals surface area (Å²) in [4.78, 5) is 0. The summed E-state index contributed by atoms with van der Waals surface area (Å²) >= 11 is 3.43. The fourth-order valence-electron chi connectivity index (χ4n) is 1.70. The van der Waals surface area contributed by atoms with Crippen molar-refractivity contribution in [1.82, 2.24) is 4.57 Å². The summed E-state index contributed by atoms with van der Waals surface area (Å²) < 4.78 is 3.31. The SMILES string of the molecule is NCCc1ccn(Cc2ccc(Br)cc2)c1. The normalized spacial score (nSPS) is 10.6. The minimum Gasteiger partial charge on any atom is -0.350 e. The molecule has 0 saturated heterocycles. The number of rotatable bonds is 4. The molecule has 0 unspecified atom stereocenters. The van der Waals surface area contributed by atoms with Gasteiger partial charge in [0, 0.05) is 23.4 Å². The number of hydrogen-bond acceptors (Lipinski definition) is 1. The molecule has 0 aliphatic carbocycles. The van der Waals surface area contributed by atoms with Crippen LogP contribution in [-0.4, -0.2) is 11.1 Å². The number of halogens is 1. The molecule has 1 heterocycles. The summed E-state index contributed by atoms with van der Waals surface area (Å²) in [7, 11) is 0. The molecule has 3 heteroatoms. The summed E-state index contributed by atoms with van der Waals surface area (Å²) in [5, 5.41) is 0. The smallest absolute Gasteiger partial charge is 0.0470 e. The molecule has 2 nitrogen and oxygen atoms in total. The molecule has 2 N–H and O–H groups in total. The van der Waals surface area contributed by atoms with Crippen molar-refractivity contribution in [2.45, 2.75) is 13.0 Å². The minimum absolute atomic E-state index is 0.711. The second-order valence-corrected chi connectivity index (χ2v) is 4.77. The quantitative estimate of drug-likeness (QED) is 0.916. The molecule has 0 aliphatic heterocycles. The molecule has 0 fully saturated rings.